The minimum Gasteiger partial charge on any atom is -0.357 e. The van der Waals surface area contributed by atoms with Crippen molar-refractivity contribution < 1.29 is 4.79 Å². The zero-order chi connectivity index (χ0) is 29.6. The van der Waals surface area contributed by atoms with Crippen molar-refractivity contribution in [3.8, 4) is 0 Å². The maximum atomic E-state index is 13.3. The lowest BCUT2D eigenvalue weighted by molar-refractivity contribution is -0.132. The van der Waals surface area contributed by atoms with Crippen LogP contribution in [0.25, 0.3) is 0 Å². The molecule has 1 fully saturated rings. The lowest BCUT2D eigenvalue weighted by atomic mass is 9.97. The topological polar surface area (TPSA) is 101 Å². The van der Waals surface area contributed by atoms with Crippen LogP contribution in [0, 0.1) is 11.8 Å². The average Bonchev–Trinajstić information content (AvgIpc) is 3.37. The summed E-state index contributed by atoms with van der Waals surface area (Å²) < 4.78 is 2.28. The van der Waals surface area contributed by atoms with Gasteiger partial charge in [0, 0.05) is 38.4 Å². The van der Waals surface area contributed by atoms with Crippen molar-refractivity contribution in [1.29, 1.82) is 0 Å². The molecule has 0 unspecified atom stereocenters. The SMILES string of the molecule is CNc1nccc(CN(CC2CCNCC2)C(=O)CCCCCCSc2nnc(CC(C)C)n2Cc2ccccc2)n1. The number of nitrogens with zero attached hydrogens (tertiary/aromatic N) is 6. The minimum absolute atomic E-state index is 0.235. The molecule has 9 nitrogen and oxygen atoms in total. The molecule has 1 aliphatic rings. The first-order valence-electron chi connectivity index (χ1n) is 15.6. The van der Waals surface area contributed by atoms with Crippen LogP contribution in [0.15, 0.2) is 47.8 Å². The fourth-order valence-electron chi connectivity index (χ4n) is 5.35. The summed E-state index contributed by atoms with van der Waals surface area (Å²) >= 11 is 1.80. The number of benzene rings is 1. The van der Waals surface area contributed by atoms with Gasteiger partial charge in [0.2, 0.25) is 11.9 Å². The molecule has 0 spiro atoms. The molecular formula is C32H48N8OS. The molecule has 2 aromatic heterocycles. The van der Waals surface area contributed by atoms with Crippen molar-refractivity contribution in [2.75, 3.05) is 37.8 Å². The summed E-state index contributed by atoms with van der Waals surface area (Å²) in [7, 11) is 1.81. The third-order valence-electron chi connectivity index (χ3n) is 7.66. The Morgan fingerprint density at radius 3 is 2.64 bits per heavy atom. The molecule has 228 valence electrons. The van der Waals surface area contributed by atoms with Gasteiger partial charge in [-0.1, -0.05) is 68.8 Å². The Kier molecular flexibility index (Phi) is 13.1. The van der Waals surface area contributed by atoms with Gasteiger partial charge in [-0.2, -0.15) is 0 Å². The number of aromatic nitrogens is 5. The molecule has 42 heavy (non-hydrogen) atoms. The van der Waals surface area contributed by atoms with Crippen LogP contribution in [0.5, 0.6) is 0 Å². The van der Waals surface area contributed by atoms with E-state index in [1.165, 1.54) is 5.56 Å². The molecule has 10 heteroatoms. The number of rotatable bonds is 17. The monoisotopic (exact) mass is 592 g/mol. The summed E-state index contributed by atoms with van der Waals surface area (Å²) in [6.07, 6.45) is 9.69. The first-order chi connectivity index (χ1) is 20.5. The highest BCUT2D eigenvalue weighted by Gasteiger charge is 2.21. The maximum Gasteiger partial charge on any atom is 0.222 e. The highest BCUT2D eigenvalue weighted by molar-refractivity contribution is 7.99. The third-order valence-corrected chi connectivity index (χ3v) is 8.72. The molecule has 4 rings (SSSR count). The van der Waals surface area contributed by atoms with Crippen LogP contribution in [0.2, 0.25) is 0 Å². The lowest BCUT2D eigenvalue weighted by Gasteiger charge is -2.30. The number of unbranched alkanes of at least 4 members (excludes halogenated alkanes) is 3. The van der Waals surface area contributed by atoms with Gasteiger partial charge < -0.3 is 20.1 Å². The first-order valence-corrected chi connectivity index (χ1v) is 16.6. The number of piperidine rings is 1. The minimum atomic E-state index is 0.235. The Hall–Kier alpha value is -2.98. The zero-order valence-electron chi connectivity index (χ0n) is 25.6. The van der Waals surface area contributed by atoms with Gasteiger partial charge in [-0.15, -0.1) is 10.2 Å². The number of carbonyl (C=O) groups excluding carboxylic acids is 1. The molecule has 0 atom stereocenters. The molecule has 1 aliphatic heterocycles. The van der Waals surface area contributed by atoms with E-state index in [0.717, 1.165) is 93.6 Å². The molecule has 1 saturated heterocycles. The summed E-state index contributed by atoms with van der Waals surface area (Å²) in [4.78, 5) is 24.2. The Balaban J connectivity index is 1.23. The number of thioether (sulfide) groups is 1. The fourth-order valence-corrected chi connectivity index (χ4v) is 6.31. The number of nitrogens with one attached hydrogen (secondary N) is 2. The van der Waals surface area contributed by atoms with Gasteiger partial charge in [0.25, 0.3) is 0 Å². The van der Waals surface area contributed by atoms with Gasteiger partial charge in [0.05, 0.1) is 18.8 Å². The number of hydrogen-bond donors (Lipinski definition) is 2. The lowest BCUT2D eigenvalue weighted by Crippen LogP contribution is -2.39. The molecule has 0 bridgehead atoms. The van der Waals surface area contributed by atoms with E-state index >= 15 is 0 Å². The van der Waals surface area contributed by atoms with Crippen LogP contribution in [-0.2, 0) is 24.3 Å². The Labute approximate surface area is 255 Å². The number of hydrogen-bond acceptors (Lipinski definition) is 8. The van der Waals surface area contributed by atoms with Crippen LogP contribution in [0.1, 0.15) is 75.9 Å². The zero-order valence-corrected chi connectivity index (χ0v) is 26.4. The number of amides is 1. The quantitative estimate of drug-likeness (QED) is 0.158. The highest BCUT2D eigenvalue weighted by atomic mass is 32.2. The highest BCUT2D eigenvalue weighted by Crippen LogP contribution is 2.23. The first kappa shape index (κ1) is 31.9. The molecule has 1 amide bonds. The summed E-state index contributed by atoms with van der Waals surface area (Å²) in [5.74, 6) is 3.97. The normalized spacial score (nSPS) is 13.9. The largest absolute Gasteiger partial charge is 0.357 e. The van der Waals surface area contributed by atoms with Crippen LogP contribution in [0.4, 0.5) is 5.95 Å². The van der Waals surface area contributed by atoms with Gasteiger partial charge in [0.15, 0.2) is 5.16 Å². The predicted molar refractivity (Wildman–Crippen MR) is 171 cm³/mol. The molecule has 0 saturated carbocycles. The summed E-state index contributed by atoms with van der Waals surface area (Å²) in [5.41, 5.74) is 2.15. The van der Waals surface area contributed by atoms with Crippen molar-refractivity contribution in [1.82, 2.24) is 34.9 Å². The summed E-state index contributed by atoms with van der Waals surface area (Å²) in [5, 5.41) is 16.5. The van der Waals surface area contributed by atoms with Crippen molar-refractivity contribution in [3.63, 3.8) is 0 Å². The average molecular weight is 593 g/mol. The molecule has 2 N–H and O–H groups in total. The number of anilines is 1. The predicted octanol–water partition coefficient (Wildman–Crippen LogP) is 5.43. The van der Waals surface area contributed by atoms with Crippen LogP contribution in [-0.4, -0.2) is 68.0 Å². The second kappa shape index (κ2) is 17.2. The maximum absolute atomic E-state index is 13.3. The van der Waals surface area contributed by atoms with Crippen LogP contribution >= 0.6 is 11.8 Å². The summed E-state index contributed by atoms with van der Waals surface area (Å²) in [6, 6.07) is 12.5. The van der Waals surface area contributed by atoms with E-state index in [4.69, 9.17) is 0 Å². The van der Waals surface area contributed by atoms with Crippen molar-refractivity contribution in [2.45, 2.75) is 83.5 Å². The number of carbonyl (C=O) groups is 1. The fraction of sp³-hybridized carbons (Fsp3) is 0.594. The molecule has 0 radical (unpaired) electrons. The molecule has 1 aromatic carbocycles. The van der Waals surface area contributed by atoms with Crippen molar-refractivity contribution >= 4 is 23.6 Å². The smallest absolute Gasteiger partial charge is 0.222 e. The molecular weight excluding hydrogens is 544 g/mol. The van der Waals surface area contributed by atoms with E-state index in [2.05, 4.69) is 79.5 Å². The second-order valence-electron chi connectivity index (χ2n) is 11.7. The van der Waals surface area contributed by atoms with Gasteiger partial charge in [-0.3, -0.25) is 4.79 Å². The van der Waals surface area contributed by atoms with Crippen molar-refractivity contribution in [3.05, 3.63) is 59.7 Å². The van der Waals surface area contributed by atoms with Crippen LogP contribution < -0.4 is 10.6 Å². The second-order valence-corrected chi connectivity index (χ2v) is 12.7. The van der Waals surface area contributed by atoms with E-state index in [0.29, 0.717) is 30.7 Å². The van der Waals surface area contributed by atoms with Gasteiger partial charge in [-0.25, -0.2) is 9.97 Å². The van der Waals surface area contributed by atoms with Crippen molar-refractivity contribution in [2.24, 2.45) is 11.8 Å². The van der Waals surface area contributed by atoms with E-state index in [1.54, 1.807) is 18.0 Å². The molecule has 0 aliphatic carbocycles. The van der Waals surface area contributed by atoms with E-state index in [9.17, 15) is 4.79 Å². The van der Waals surface area contributed by atoms with E-state index in [1.807, 2.05) is 18.0 Å². The van der Waals surface area contributed by atoms with Crippen LogP contribution in [0.3, 0.4) is 0 Å². The van der Waals surface area contributed by atoms with Gasteiger partial charge >= 0.3 is 0 Å². The Bertz CT molecular complexity index is 1210. The van der Waals surface area contributed by atoms with E-state index < -0.39 is 0 Å². The van der Waals surface area contributed by atoms with E-state index in [-0.39, 0.29) is 5.91 Å². The summed E-state index contributed by atoms with van der Waals surface area (Å²) in [6.45, 7) is 8.66. The molecule has 3 heterocycles. The molecule has 3 aromatic rings. The standard InChI is InChI=1S/C32H48N8OS/c1-25(2)21-29-37-38-32(40(29)23-26-11-7-6-8-12-26)42-20-10-5-4-9-13-30(41)39(22-27-14-17-34-18-15-27)24-28-16-19-35-31(33-3)36-28/h6-8,11-12,16,19,25,27,34H,4-5,9-10,13-15,17-18,20-24H2,1-3H3,(H,33,35,36). The van der Waals surface area contributed by atoms with Gasteiger partial charge in [-0.05, 0) is 62.2 Å². The Morgan fingerprint density at radius 1 is 1.10 bits per heavy atom. The Morgan fingerprint density at radius 2 is 1.88 bits per heavy atom. The third kappa shape index (κ3) is 10.4. The van der Waals surface area contributed by atoms with Gasteiger partial charge in [0.1, 0.15) is 5.82 Å².